The van der Waals surface area contributed by atoms with E-state index in [9.17, 15) is 19.5 Å². The van der Waals surface area contributed by atoms with Crippen LogP contribution in [-0.4, -0.2) is 80.1 Å². The number of ether oxygens (including phenoxy) is 1. The van der Waals surface area contributed by atoms with Crippen LogP contribution in [0.1, 0.15) is 67.2 Å². The van der Waals surface area contributed by atoms with Gasteiger partial charge in [0.1, 0.15) is 6.04 Å². The van der Waals surface area contributed by atoms with Crippen molar-refractivity contribution in [2.45, 2.75) is 88.3 Å². The first kappa shape index (κ1) is 28.8. The van der Waals surface area contributed by atoms with Gasteiger partial charge in [-0.2, -0.15) is 0 Å². The first-order chi connectivity index (χ1) is 16.7. The molecule has 3 aliphatic heterocycles. The Kier molecular flexibility index (Phi) is 8.12. The Bertz CT molecular complexity index is 912. The van der Waals surface area contributed by atoms with Crippen molar-refractivity contribution in [2.75, 3.05) is 26.3 Å². The van der Waals surface area contributed by atoms with Crippen LogP contribution in [-0.2, 0) is 19.1 Å². The summed E-state index contributed by atoms with van der Waals surface area (Å²) in [5.41, 5.74) is -0.505. The van der Waals surface area contributed by atoms with Crippen LogP contribution in [0.2, 0.25) is 0 Å². The van der Waals surface area contributed by atoms with Crippen molar-refractivity contribution in [3.05, 3.63) is 25.3 Å². The van der Waals surface area contributed by atoms with Gasteiger partial charge in [0.05, 0.1) is 29.8 Å². The van der Waals surface area contributed by atoms with Crippen LogP contribution < -0.4 is 0 Å². The van der Waals surface area contributed by atoms with E-state index in [4.69, 9.17) is 4.74 Å². The minimum atomic E-state index is -0.751. The standard InChI is InChI=1S/C28H44N2O5S/c1-9-11-17-35-24(34)20-19-22(32)29(15-16-31)21(28(19)13-12-27(20,8)36-28)23(33)30(14-10-2)26(6,7)18-25(3,4)5/h9-10,19-21,31H,1-2,11-18H2,3-8H3/t19-,20-,21?,27+,28?/m0/s1. The van der Waals surface area contributed by atoms with E-state index in [0.717, 1.165) is 12.8 Å². The molecule has 1 N–H and O–H groups in total. The van der Waals surface area contributed by atoms with Gasteiger partial charge in [-0.15, -0.1) is 24.9 Å². The number of amides is 2. The second-order valence-corrected chi connectivity index (χ2v) is 14.4. The van der Waals surface area contributed by atoms with Gasteiger partial charge in [0.25, 0.3) is 0 Å². The molecule has 3 rings (SSSR count). The van der Waals surface area contributed by atoms with Gasteiger partial charge in [0, 0.05) is 23.4 Å². The Morgan fingerprint density at radius 3 is 2.44 bits per heavy atom. The molecule has 3 saturated heterocycles. The minimum Gasteiger partial charge on any atom is -0.465 e. The molecule has 2 bridgehead atoms. The Labute approximate surface area is 220 Å². The van der Waals surface area contributed by atoms with Gasteiger partial charge >= 0.3 is 5.97 Å². The largest absolute Gasteiger partial charge is 0.465 e. The van der Waals surface area contributed by atoms with E-state index in [1.807, 2.05) is 11.8 Å². The molecule has 0 aromatic carbocycles. The number of β-amino-alcohol motifs (C(OH)–C–C–N with tert-alkyl or cyclic N) is 1. The van der Waals surface area contributed by atoms with Crippen LogP contribution in [0.3, 0.4) is 0 Å². The molecule has 0 aromatic heterocycles. The molecular formula is C28H44N2O5S. The second kappa shape index (κ2) is 10.2. The van der Waals surface area contributed by atoms with Crippen LogP contribution in [0, 0.1) is 17.3 Å². The Morgan fingerprint density at radius 1 is 1.22 bits per heavy atom. The lowest BCUT2D eigenvalue weighted by Gasteiger charge is -2.45. The molecule has 3 aliphatic rings. The number of hydrogen-bond donors (Lipinski definition) is 1. The molecule has 0 radical (unpaired) electrons. The number of nitrogens with zero attached hydrogens (tertiary/aromatic N) is 2. The van der Waals surface area contributed by atoms with E-state index in [2.05, 4.69) is 47.8 Å². The van der Waals surface area contributed by atoms with E-state index in [-0.39, 0.29) is 43.0 Å². The summed E-state index contributed by atoms with van der Waals surface area (Å²) >= 11 is 1.62. The summed E-state index contributed by atoms with van der Waals surface area (Å²) in [5.74, 6) is -2.00. The number of carbonyl (C=O) groups is 3. The van der Waals surface area contributed by atoms with Crippen molar-refractivity contribution >= 4 is 29.5 Å². The number of rotatable bonds is 11. The molecule has 0 aliphatic carbocycles. The maximum Gasteiger partial charge on any atom is 0.311 e. The van der Waals surface area contributed by atoms with Crippen LogP contribution >= 0.6 is 11.8 Å². The Balaban J connectivity index is 2.05. The number of esters is 1. The van der Waals surface area contributed by atoms with E-state index < -0.39 is 32.9 Å². The van der Waals surface area contributed by atoms with Crippen molar-refractivity contribution in [1.82, 2.24) is 9.80 Å². The lowest BCUT2D eigenvalue weighted by Crippen LogP contribution is -2.60. The van der Waals surface area contributed by atoms with Gasteiger partial charge in [-0.1, -0.05) is 32.9 Å². The fraction of sp³-hybridized carbons (Fsp3) is 0.750. The maximum absolute atomic E-state index is 14.5. The Hall–Kier alpha value is -1.80. The quantitative estimate of drug-likeness (QED) is 0.253. The summed E-state index contributed by atoms with van der Waals surface area (Å²) in [6.07, 6.45) is 6.12. The van der Waals surface area contributed by atoms with Crippen molar-refractivity contribution in [3.63, 3.8) is 0 Å². The molecule has 5 atom stereocenters. The normalized spacial score (nSPS) is 31.4. The average Bonchev–Trinajstić information content (AvgIpc) is 3.31. The van der Waals surface area contributed by atoms with E-state index in [0.29, 0.717) is 19.4 Å². The third-order valence-corrected chi connectivity index (χ3v) is 9.93. The van der Waals surface area contributed by atoms with Gasteiger partial charge in [-0.05, 0) is 51.9 Å². The van der Waals surface area contributed by atoms with Crippen molar-refractivity contribution < 1.29 is 24.2 Å². The topological polar surface area (TPSA) is 87.1 Å². The van der Waals surface area contributed by atoms with Crippen LogP contribution in [0.5, 0.6) is 0 Å². The maximum atomic E-state index is 14.5. The zero-order valence-corrected chi connectivity index (χ0v) is 23.7. The highest BCUT2D eigenvalue weighted by Crippen LogP contribution is 2.71. The zero-order chi connectivity index (χ0) is 27.1. The van der Waals surface area contributed by atoms with Gasteiger partial charge in [0.2, 0.25) is 11.8 Å². The van der Waals surface area contributed by atoms with Crippen molar-refractivity contribution in [1.29, 1.82) is 0 Å². The average molecular weight is 521 g/mol. The smallest absolute Gasteiger partial charge is 0.311 e. The number of thioether (sulfide) groups is 1. The van der Waals surface area contributed by atoms with Gasteiger partial charge < -0.3 is 19.6 Å². The van der Waals surface area contributed by atoms with Crippen molar-refractivity contribution in [3.8, 4) is 0 Å². The first-order valence-corrected chi connectivity index (χ1v) is 13.8. The van der Waals surface area contributed by atoms with Crippen LogP contribution in [0.4, 0.5) is 0 Å². The SMILES string of the molecule is C=CCCOC(=O)[C@@H]1[C@H]2C(=O)N(CCO)C(C(=O)N(CC=C)C(C)(C)CC(C)(C)C)C23CC[C@@]1(C)S3. The van der Waals surface area contributed by atoms with E-state index in [1.54, 1.807) is 23.9 Å². The van der Waals surface area contributed by atoms with Crippen molar-refractivity contribution in [2.24, 2.45) is 17.3 Å². The number of hydrogen-bond acceptors (Lipinski definition) is 6. The fourth-order valence-corrected chi connectivity index (χ4v) is 9.39. The lowest BCUT2D eigenvalue weighted by atomic mass is 9.66. The molecule has 36 heavy (non-hydrogen) atoms. The summed E-state index contributed by atoms with van der Waals surface area (Å²) in [4.78, 5) is 45.1. The monoisotopic (exact) mass is 520 g/mol. The highest BCUT2D eigenvalue weighted by Gasteiger charge is 2.77. The molecule has 0 aromatic rings. The summed E-state index contributed by atoms with van der Waals surface area (Å²) in [6, 6.07) is -0.751. The number of fused-ring (bicyclic) bond motifs is 1. The third-order valence-electron chi connectivity index (χ3n) is 7.94. The van der Waals surface area contributed by atoms with Crippen LogP contribution in [0.15, 0.2) is 25.3 Å². The molecule has 7 nitrogen and oxygen atoms in total. The Morgan fingerprint density at radius 2 is 1.89 bits per heavy atom. The summed E-state index contributed by atoms with van der Waals surface area (Å²) in [5, 5.41) is 9.86. The van der Waals surface area contributed by atoms with E-state index >= 15 is 0 Å². The predicted molar refractivity (Wildman–Crippen MR) is 143 cm³/mol. The van der Waals surface area contributed by atoms with Crippen LogP contribution in [0.25, 0.3) is 0 Å². The number of aliphatic hydroxyl groups is 1. The fourth-order valence-electron chi connectivity index (χ4n) is 7.05. The summed E-state index contributed by atoms with van der Waals surface area (Å²) in [6.45, 7) is 20.6. The molecule has 202 valence electrons. The molecule has 2 unspecified atom stereocenters. The second-order valence-electron chi connectivity index (χ2n) is 12.5. The molecular weight excluding hydrogens is 476 g/mol. The lowest BCUT2D eigenvalue weighted by molar-refractivity contribution is -0.155. The predicted octanol–water partition coefficient (Wildman–Crippen LogP) is 3.81. The van der Waals surface area contributed by atoms with Gasteiger partial charge in [-0.3, -0.25) is 14.4 Å². The van der Waals surface area contributed by atoms with E-state index in [1.165, 1.54) is 4.90 Å². The number of likely N-dealkylation sites (tertiary alicyclic amines) is 1. The minimum absolute atomic E-state index is 0.0192. The highest BCUT2D eigenvalue weighted by atomic mass is 32.2. The number of carbonyl (C=O) groups excluding carboxylic acids is 3. The van der Waals surface area contributed by atoms with Gasteiger partial charge in [-0.25, -0.2) is 0 Å². The first-order valence-electron chi connectivity index (χ1n) is 13.0. The third kappa shape index (κ3) is 4.87. The molecule has 2 amide bonds. The molecule has 3 heterocycles. The molecule has 0 saturated carbocycles. The highest BCUT2D eigenvalue weighted by molar-refractivity contribution is 8.02. The molecule has 1 spiro atoms. The van der Waals surface area contributed by atoms with Gasteiger partial charge in [0.15, 0.2) is 0 Å². The molecule has 8 heteroatoms. The molecule has 3 fully saturated rings. The zero-order valence-electron chi connectivity index (χ0n) is 22.8. The number of aliphatic hydroxyl groups excluding tert-OH is 1. The summed E-state index contributed by atoms with van der Waals surface area (Å²) in [7, 11) is 0. The summed E-state index contributed by atoms with van der Waals surface area (Å²) < 4.78 is 4.37.